The van der Waals surface area contributed by atoms with Crippen molar-refractivity contribution < 1.29 is 14.5 Å². The maximum atomic E-state index is 12.1. The number of non-ortho nitro benzene ring substituents is 1. The van der Waals surface area contributed by atoms with Crippen molar-refractivity contribution in [3.05, 3.63) is 28.3 Å². The quantitative estimate of drug-likeness (QED) is 0.675. The number of carbonyl (C=O) groups is 1. The van der Waals surface area contributed by atoms with Crippen LogP contribution in [0, 0.1) is 10.1 Å². The molecule has 0 radical (unpaired) electrons. The molecule has 0 fully saturated rings. The molecular weight excluding hydrogens is 276 g/mol. The molecule has 0 spiro atoms. The molecule has 112 valence electrons. The van der Waals surface area contributed by atoms with Crippen LogP contribution in [-0.4, -0.2) is 33.4 Å². The lowest BCUT2D eigenvalue weighted by molar-refractivity contribution is -0.384. The highest BCUT2D eigenvalue weighted by Gasteiger charge is 2.23. The Bertz CT molecular complexity index is 715. The predicted octanol–water partition coefficient (Wildman–Crippen LogP) is 2.77. The topological polar surface area (TPSA) is 99.3 Å². The van der Waals surface area contributed by atoms with E-state index in [1.807, 2.05) is 0 Å². The molecule has 8 nitrogen and oxygen atoms in total. The van der Waals surface area contributed by atoms with Gasteiger partial charge in [-0.15, -0.1) is 5.10 Å². The maximum Gasteiger partial charge on any atom is 0.435 e. The van der Waals surface area contributed by atoms with Gasteiger partial charge < -0.3 is 10.1 Å². The van der Waals surface area contributed by atoms with Crippen LogP contribution in [0.15, 0.2) is 18.2 Å². The van der Waals surface area contributed by atoms with Crippen molar-refractivity contribution in [2.75, 3.05) is 12.4 Å². The minimum Gasteiger partial charge on any atom is -0.442 e. The molecule has 21 heavy (non-hydrogen) atoms. The van der Waals surface area contributed by atoms with E-state index in [0.717, 1.165) is 4.68 Å². The van der Waals surface area contributed by atoms with Crippen molar-refractivity contribution in [1.82, 2.24) is 9.78 Å². The summed E-state index contributed by atoms with van der Waals surface area (Å²) < 4.78 is 6.36. The van der Waals surface area contributed by atoms with Crippen LogP contribution in [0.4, 0.5) is 16.3 Å². The van der Waals surface area contributed by atoms with Gasteiger partial charge in [0.2, 0.25) is 0 Å². The second kappa shape index (κ2) is 5.04. The SMILES string of the molecule is CNc1nn(C(=O)OC(C)(C)C)c2ccc([N+](=O)[O-])cc12. The van der Waals surface area contributed by atoms with E-state index in [9.17, 15) is 14.9 Å². The van der Waals surface area contributed by atoms with Crippen LogP contribution in [0.1, 0.15) is 20.8 Å². The number of benzene rings is 1. The second-order valence-electron chi connectivity index (χ2n) is 5.45. The van der Waals surface area contributed by atoms with Crippen LogP contribution in [-0.2, 0) is 4.74 Å². The molecule has 0 amide bonds. The molecule has 0 aliphatic carbocycles. The van der Waals surface area contributed by atoms with Crippen LogP contribution >= 0.6 is 0 Å². The van der Waals surface area contributed by atoms with E-state index in [1.54, 1.807) is 27.8 Å². The van der Waals surface area contributed by atoms with Gasteiger partial charge in [0, 0.05) is 19.2 Å². The molecule has 1 heterocycles. The molecule has 8 heteroatoms. The van der Waals surface area contributed by atoms with Gasteiger partial charge >= 0.3 is 6.09 Å². The summed E-state index contributed by atoms with van der Waals surface area (Å²) in [6.45, 7) is 5.25. The van der Waals surface area contributed by atoms with E-state index in [1.165, 1.54) is 18.2 Å². The first-order valence-corrected chi connectivity index (χ1v) is 6.31. The van der Waals surface area contributed by atoms with Crippen LogP contribution in [0.3, 0.4) is 0 Å². The Balaban J connectivity index is 2.56. The average molecular weight is 292 g/mol. The molecule has 0 atom stereocenters. The largest absolute Gasteiger partial charge is 0.442 e. The first kappa shape index (κ1) is 14.8. The highest BCUT2D eigenvalue weighted by atomic mass is 16.6. The minimum absolute atomic E-state index is 0.0669. The van der Waals surface area contributed by atoms with Crippen molar-refractivity contribution in [1.29, 1.82) is 0 Å². The van der Waals surface area contributed by atoms with E-state index in [-0.39, 0.29) is 5.69 Å². The van der Waals surface area contributed by atoms with E-state index >= 15 is 0 Å². The van der Waals surface area contributed by atoms with Gasteiger partial charge in [-0.25, -0.2) is 4.79 Å². The summed E-state index contributed by atoms with van der Waals surface area (Å²) in [6, 6.07) is 4.17. The van der Waals surface area contributed by atoms with Gasteiger partial charge in [0.05, 0.1) is 15.8 Å². The Labute approximate surface area is 120 Å². The van der Waals surface area contributed by atoms with E-state index in [2.05, 4.69) is 10.4 Å². The van der Waals surface area contributed by atoms with Crippen LogP contribution in [0.5, 0.6) is 0 Å². The third-order valence-corrected chi connectivity index (χ3v) is 2.68. The minimum atomic E-state index is -0.657. The molecule has 1 N–H and O–H groups in total. The molecule has 0 aliphatic heterocycles. The third kappa shape index (κ3) is 2.93. The number of nitrogens with one attached hydrogen (secondary N) is 1. The first-order chi connectivity index (χ1) is 9.73. The van der Waals surface area contributed by atoms with Crippen molar-refractivity contribution in [2.24, 2.45) is 0 Å². The zero-order valence-corrected chi connectivity index (χ0v) is 12.2. The normalized spacial score (nSPS) is 11.4. The summed E-state index contributed by atoms with van der Waals surface area (Å²) >= 11 is 0. The number of nitro groups is 1. The second-order valence-corrected chi connectivity index (χ2v) is 5.45. The molecule has 0 bridgehead atoms. The van der Waals surface area contributed by atoms with Gasteiger partial charge in [-0.1, -0.05) is 0 Å². The molecule has 2 aromatic rings. The van der Waals surface area contributed by atoms with Gasteiger partial charge in [-0.3, -0.25) is 10.1 Å². The number of anilines is 1. The lowest BCUT2D eigenvalue weighted by Gasteiger charge is -2.19. The summed E-state index contributed by atoms with van der Waals surface area (Å²) in [6.07, 6.45) is -0.636. The molecule has 1 aromatic heterocycles. The number of nitrogens with zero attached hydrogens (tertiary/aromatic N) is 3. The number of hydrogen-bond acceptors (Lipinski definition) is 6. The number of hydrogen-bond donors (Lipinski definition) is 1. The van der Waals surface area contributed by atoms with Crippen molar-refractivity contribution in [2.45, 2.75) is 26.4 Å². The standard InChI is InChI=1S/C13H16N4O4/c1-13(2,3)21-12(18)16-10-6-5-8(17(19)20)7-9(10)11(14-4)15-16/h5-7H,1-4H3,(H,14,15). The number of fused-ring (bicyclic) bond motifs is 1. The van der Waals surface area contributed by atoms with Crippen molar-refractivity contribution >= 4 is 28.5 Å². The maximum absolute atomic E-state index is 12.1. The predicted molar refractivity (Wildman–Crippen MR) is 77.6 cm³/mol. The average Bonchev–Trinajstić information content (AvgIpc) is 2.74. The Hall–Kier alpha value is -2.64. The van der Waals surface area contributed by atoms with Crippen molar-refractivity contribution in [3.63, 3.8) is 0 Å². The van der Waals surface area contributed by atoms with Crippen LogP contribution in [0.2, 0.25) is 0 Å². The Kier molecular flexibility index (Phi) is 3.54. The fourth-order valence-electron chi connectivity index (χ4n) is 1.85. The van der Waals surface area contributed by atoms with E-state index in [0.29, 0.717) is 16.7 Å². The fourth-order valence-corrected chi connectivity index (χ4v) is 1.85. The van der Waals surface area contributed by atoms with Gasteiger partial charge in [0.25, 0.3) is 5.69 Å². The molecule has 0 saturated heterocycles. The Morgan fingerprint density at radius 3 is 2.62 bits per heavy atom. The zero-order valence-electron chi connectivity index (χ0n) is 12.2. The number of aromatic nitrogens is 2. The molecule has 0 saturated carbocycles. The zero-order chi connectivity index (χ0) is 15.8. The number of nitro benzene ring substituents is 1. The highest BCUT2D eigenvalue weighted by Crippen LogP contribution is 2.27. The molecule has 0 unspecified atom stereocenters. The van der Waals surface area contributed by atoms with Gasteiger partial charge in [-0.2, -0.15) is 4.68 Å². The van der Waals surface area contributed by atoms with Crippen LogP contribution < -0.4 is 5.32 Å². The number of carbonyl (C=O) groups excluding carboxylic acids is 1. The van der Waals surface area contributed by atoms with E-state index in [4.69, 9.17) is 4.74 Å². The summed E-state index contributed by atoms with van der Waals surface area (Å²) in [5.74, 6) is 0.375. The Morgan fingerprint density at radius 2 is 2.10 bits per heavy atom. The lowest BCUT2D eigenvalue weighted by atomic mass is 10.2. The van der Waals surface area contributed by atoms with Gasteiger partial charge in [-0.05, 0) is 26.8 Å². The molecule has 2 rings (SSSR count). The van der Waals surface area contributed by atoms with Crippen molar-refractivity contribution in [3.8, 4) is 0 Å². The molecular formula is C13H16N4O4. The molecule has 0 aliphatic rings. The fraction of sp³-hybridized carbons (Fsp3) is 0.385. The van der Waals surface area contributed by atoms with Crippen LogP contribution in [0.25, 0.3) is 10.9 Å². The van der Waals surface area contributed by atoms with E-state index < -0.39 is 16.6 Å². The first-order valence-electron chi connectivity index (χ1n) is 6.31. The Morgan fingerprint density at radius 1 is 1.43 bits per heavy atom. The summed E-state index contributed by atoms with van der Waals surface area (Å²) in [5, 5.41) is 18.2. The summed E-state index contributed by atoms with van der Waals surface area (Å²) in [4.78, 5) is 22.5. The number of rotatable bonds is 2. The third-order valence-electron chi connectivity index (χ3n) is 2.68. The summed E-state index contributed by atoms with van der Waals surface area (Å²) in [7, 11) is 1.63. The number of ether oxygens (including phenoxy) is 1. The smallest absolute Gasteiger partial charge is 0.435 e. The molecule has 1 aromatic carbocycles. The monoisotopic (exact) mass is 292 g/mol. The summed E-state index contributed by atoms with van der Waals surface area (Å²) in [5.41, 5.74) is -0.280. The van der Waals surface area contributed by atoms with Gasteiger partial charge in [0.15, 0.2) is 5.82 Å². The van der Waals surface area contributed by atoms with Gasteiger partial charge in [0.1, 0.15) is 5.60 Å². The lowest BCUT2D eigenvalue weighted by Crippen LogP contribution is -2.27. The highest BCUT2D eigenvalue weighted by molar-refractivity contribution is 5.96.